The second-order valence-electron chi connectivity index (χ2n) is 5.24. The van der Waals surface area contributed by atoms with Crippen molar-refractivity contribution < 1.29 is 9.47 Å². The van der Waals surface area contributed by atoms with Gasteiger partial charge in [-0.1, -0.05) is 6.07 Å². The number of rotatable bonds is 6. The molecular weight excluding hydrogens is 240 g/mol. The Hall–Kier alpha value is -1.26. The van der Waals surface area contributed by atoms with E-state index in [9.17, 15) is 0 Å². The molecule has 0 aromatic heterocycles. The van der Waals surface area contributed by atoms with Gasteiger partial charge in [0.2, 0.25) is 0 Å². The van der Waals surface area contributed by atoms with Crippen LogP contribution in [0.4, 0.5) is 5.69 Å². The van der Waals surface area contributed by atoms with Gasteiger partial charge in [0.25, 0.3) is 0 Å². The number of anilines is 1. The zero-order valence-corrected chi connectivity index (χ0v) is 11.7. The minimum atomic E-state index is 0.698. The lowest BCUT2D eigenvalue weighted by atomic mass is 10.00. The fraction of sp³-hybridized carbons (Fsp3) is 0.600. The quantitative estimate of drug-likeness (QED) is 0.798. The van der Waals surface area contributed by atoms with Crippen LogP contribution in [0.2, 0.25) is 0 Å². The molecule has 0 amide bonds. The molecule has 2 N–H and O–H groups in total. The second kappa shape index (κ2) is 7.36. The average Bonchev–Trinajstić information content (AvgIpc) is 2.40. The van der Waals surface area contributed by atoms with E-state index in [1.54, 1.807) is 0 Å². The highest BCUT2D eigenvalue weighted by atomic mass is 16.5. The van der Waals surface area contributed by atoms with Crippen molar-refractivity contribution in [3.63, 3.8) is 0 Å². The van der Waals surface area contributed by atoms with Gasteiger partial charge >= 0.3 is 0 Å². The van der Waals surface area contributed by atoms with E-state index in [0.717, 1.165) is 43.7 Å². The third kappa shape index (κ3) is 5.09. The first-order valence-electron chi connectivity index (χ1n) is 6.98. The molecular formula is C15H24N2O2. The largest absolute Gasteiger partial charge is 0.492 e. The highest BCUT2D eigenvalue weighted by molar-refractivity contribution is 5.43. The highest BCUT2D eigenvalue weighted by Crippen LogP contribution is 2.16. The molecule has 0 bridgehead atoms. The Labute approximate surface area is 115 Å². The topological polar surface area (TPSA) is 47.7 Å². The van der Waals surface area contributed by atoms with E-state index in [-0.39, 0.29) is 0 Å². The van der Waals surface area contributed by atoms with Gasteiger partial charge in [-0.25, -0.2) is 0 Å². The summed E-state index contributed by atoms with van der Waals surface area (Å²) >= 11 is 0. The SMILES string of the molecule is CN(CCOc1cccc(N)c1)CC1CCOCC1. The van der Waals surface area contributed by atoms with Crippen LogP contribution >= 0.6 is 0 Å². The van der Waals surface area contributed by atoms with Crippen LogP contribution in [0.3, 0.4) is 0 Å². The number of benzene rings is 1. The predicted molar refractivity (Wildman–Crippen MR) is 77.4 cm³/mol. The van der Waals surface area contributed by atoms with Crippen LogP contribution in [-0.4, -0.2) is 44.9 Å². The summed E-state index contributed by atoms with van der Waals surface area (Å²) in [5.74, 6) is 1.62. The number of nitrogen functional groups attached to an aromatic ring is 1. The molecule has 1 heterocycles. The number of nitrogens with two attached hydrogens (primary N) is 1. The lowest BCUT2D eigenvalue weighted by Gasteiger charge is -2.27. The second-order valence-corrected chi connectivity index (χ2v) is 5.24. The molecule has 0 spiro atoms. The van der Waals surface area contributed by atoms with Gasteiger partial charge in [0.05, 0.1) is 0 Å². The molecule has 1 aliphatic heterocycles. The van der Waals surface area contributed by atoms with Crippen LogP contribution in [-0.2, 0) is 4.74 Å². The Morgan fingerprint density at radius 3 is 2.89 bits per heavy atom. The van der Waals surface area contributed by atoms with E-state index < -0.39 is 0 Å². The Balaban J connectivity index is 1.64. The van der Waals surface area contributed by atoms with Crippen LogP contribution in [0.1, 0.15) is 12.8 Å². The summed E-state index contributed by atoms with van der Waals surface area (Å²) < 4.78 is 11.1. The van der Waals surface area contributed by atoms with E-state index in [4.69, 9.17) is 15.2 Å². The Bertz CT molecular complexity index is 378. The maximum absolute atomic E-state index is 5.71. The smallest absolute Gasteiger partial charge is 0.121 e. The van der Waals surface area contributed by atoms with Gasteiger partial charge in [-0.3, -0.25) is 0 Å². The van der Waals surface area contributed by atoms with Crippen LogP contribution in [0, 0.1) is 5.92 Å². The Morgan fingerprint density at radius 1 is 1.37 bits per heavy atom. The van der Waals surface area contributed by atoms with Crippen molar-refractivity contribution in [1.82, 2.24) is 4.90 Å². The fourth-order valence-corrected chi connectivity index (χ4v) is 2.38. The summed E-state index contributed by atoms with van der Waals surface area (Å²) in [5, 5.41) is 0. The summed E-state index contributed by atoms with van der Waals surface area (Å²) in [6.07, 6.45) is 2.36. The van der Waals surface area contributed by atoms with E-state index in [0.29, 0.717) is 6.61 Å². The van der Waals surface area contributed by atoms with Gasteiger partial charge in [-0.2, -0.15) is 0 Å². The van der Waals surface area contributed by atoms with Crippen molar-refractivity contribution in [2.24, 2.45) is 5.92 Å². The molecule has 19 heavy (non-hydrogen) atoms. The van der Waals surface area contributed by atoms with Crippen molar-refractivity contribution in [3.05, 3.63) is 24.3 Å². The molecule has 0 unspecified atom stereocenters. The standard InChI is InChI=1S/C15H24N2O2/c1-17(12-13-5-8-18-9-6-13)7-10-19-15-4-2-3-14(16)11-15/h2-4,11,13H,5-10,12,16H2,1H3. The molecule has 1 aliphatic rings. The van der Waals surface area contributed by atoms with E-state index in [2.05, 4.69) is 11.9 Å². The molecule has 1 saturated heterocycles. The first-order valence-corrected chi connectivity index (χ1v) is 6.98. The minimum Gasteiger partial charge on any atom is -0.492 e. The van der Waals surface area contributed by atoms with E-state index >= 15 is 0 Å². The maximum atomic E-state index is 5.71. The Morgan fingerprint density at radius 2 is 2.16 bits per heavy atom. The predicted octanol–water partition coefficient (Wildman–Crippen LogP) is 2.01. The monoisotopic (exact) mass is 264 g/mol. The molecule has 1 fully saturated rings. The minimum absolute atomic E-state index is 0.698. The van der Waals surface area contributed by atoms with Crippen LogP contribution in [0.15, 0.2) is 24.3 Å². The van der Waals surface area contributed by atoms with Gasteiger partial charge in [0, 0.05) is 38.1 Å². The molecule has 0 saturated carbocycles. The number of hydrogen-bond acceptors (Lipinski definition) is 4. The first-order chi connectivity index (χ1) is 9.24. The summed E-state index contributed by atoms with van der Waals surface area (Å²) in [7, 11) is 2.15. The van der Waals surface area contributed by atoms with Gasteiger partial charge in [0.1, 0.15) is 12.4 Å². The fourth-order valence-electron chi connectivity index (χ4n) is 2.38. The van der Waals surface area contributed by atoms with Gasteiger partial charge in [0.15, 0.2) is 0 Å². The van der Waals surface area contributed by atoms with Gasteiger partial charge in [-0.15, -0.1) is 0 Å². The molecule has 1 aromatic rings. The summed E-state index contributed by atoms with van der Waals surface area (Å²) in [4.78, 5) is 2.34. The molecule has 0 radical (unpaired) electrons. The number of ether oxygens (including phenoxy) is 2. The molecule has 2 rings (SSSR count). The summed E-state index contributed by atoms with van der Waals surface area (Å²) in [6, 6.07) is 7.58. The van der Waals surface area contributed by atoms with E-state index in [1.807, 2.05) is 24.3 Å². The lowest BCUT2D eigenvalue weighted by molar-refractivity contribution is 0.0543. The van der Waals surface area contributed by atoms with Crippen molar-refractivity contribution >= 4 is 5.69 Å². The summed E-state index contributed by atoms with van der Waals surface area (Å²) in [6.45, 7) is 4.59. The number of nitrogens with zero attached hydrogens (tertiary/aromatic N) is 1. The number of hydrogen-bond donors (Lipinski definition) is 1. The average molecular weight is 264 g/mol. The molecule has 106 valence electrons. The van der Waals surface area contributed by atoms with Crippen molar-refractivity contribution in [1.29, 1.82) is 0 Å². The number of likely N-dealkylation sites (N-methyl/N-ethyl adjacent to an activating group) is 1. The van der Waals surface area contributed by atoms with Crippen molar-refractivity contribution in [2.45, 2.75) is 12.8 Å². The van der Waals surface area contributed by atoms with Crippen LogP contribution in [0.25, 0.3) is 0 Å². The van der Waals surface area contributed by atoms with Crippen molar-refractivity contribution in [3.8, 4) is 5.75 Å². The normalized spacial score (nSPS) is 16.7. The van der Waals surface area contributed by atoms with E-state index in [1.165, 1.54) is 12.8 Å². The summed E-state index contributed by atoms with van der Waals surface area (Å²) in [5.41, 5.74) is 6.46. The molecule has 0 atom stereocenters. The molecule has 0 aliphatic carbocycles. The highest BCUT2D eigenvalue weighted by Gasteiger charge is 2.15. The zero-order valence-electron chi connectivity index (χ0n) is 11.7. The lowest BCUT2D eigenvalue weighted by Crippen LogP contribution is -2.32. The molecule has 4 nitrogen and oxygen atoms in total. The van der Waals surface area contributed by atoms with Crippen molar-refractivity contribution in [2.75, 3.05) is 45.7 Å². The third-order valence-electron chi connectivity index (χ3n) is 3.51. The van der Waals surface area contributed by atoms with Crippen LogP contribution in [0.5, 0.6) is 5.75 Å². The van der Waals surface area contributed by atoms with Crippen LogP contribution < -0.4 is 10.5 Å². The molecule has 1 aromatic carbocycles. The van der Waals surface area contributed by atoms with Gasteiger partial charge < -0.3 is 20.1 Å². The zero-order chi connectivity index (χ0) is 13.5. The first kappa shape index (κ1) is 14.2. The van der Waals surface area contributed by atoms with Gasteiger partial charge in [-0.05, 0) is 37.9 Å². The Kier molecular flexibility index (Phi) is 5.48. The third-order valence-corrected chi connectivity index (χ3v) is 3.51. The molecule has 4 heteroatoms. The maximum Gasteiger partial charge on any atom is 0.121 e.